The molecule has 0 radical (unpaired) electrons. The minimum absolute atomic E-state index is 0.0733. The Balaban J connectivity index is 2.33. The quantitative estimate of drug-likeness (QED) is 0.400. The number of benzene rings is 1. The lowest BCUT2D eigenvalue weighted by molar-refractivity contribution is -0.384. The summed E-state index contributed by atoms with van der Waals surface area (Å²) < 4.78 is 34.6. The number of nitrogens with zero attached hydrogens (tertiary/aromatic N) is 2. The van der Waals surface area contributed by atoms with Gasteiger partial charge in [0.25, 0.3) is 5.69 Å². The lowest BCUT2D eigenvalue weighted by atomic mass is 10.0. The van der Waals surface area contributed by atoms with E-state index in [-0.39, 0.29) is 35.3 Å². The maximum atomic E-state index is 12.4. The van der Waals surface area contributed by atoms with Crippen LogP contribution in [0, 0.1) is 10.1 Å². The highest BCUT2D eigenvalue weighted by Gasteiger charge is 2.33. The van der Waals surface area contributed by atoms with Crippen LogP contribution in [-0.4, -0.2) is 63.5 Å². The summed E-state index contributed by atoms with van der Waals surface area (Å²) in [5.41, 5.74) is -1.44. The predicted octanol–water partition coefficient (Wildman–Crippen LogP) is 2.28. The lowest BCUT2D eigenvalue weighted by Crippen LogP contribution is -2.46. The van der Waals surface area contributed by atoms with Gasteiger partial charge in [0.2, 0.25) is 0 Å². The van der Waals surface area contributed by atoms with Crippen LogP contribution in [0.25, 0.3) is 0 Å². The molecule has 1 N–H and O–H groups in total. The number of rotatable bonds is 5. The molecule has 0 unspecified atom stereocenters. The van der Waals surface area contributed by atoms with E-state index in [9.17, 15) is 28.1 Å². The van der Waals surface area contributed by atoms with Gasteiger partial charge in [0.1, 0.15) is 11.3 Å². The normalized spacial score (nSPS) is 15.3. The minimum Gasteiger partial charge on any atom is -0.465 e. The van der Waals surface area contributed by atoms with Crippen LogP contribution in [0.1, 0.15) is 44.0 Å². The number of sulfone groups is 1. The minimum atomic E-state index is -3.90. The Morgan fingerprint density at radius 1 is 1.23 bits per heavy atom. The zero-order chi connectivity index (χ0) is 23.6. The van der Waals surface area contributed by atoms with Gasteiger partial charge in [0.15, 0.2) is 9.84 Å². The monoisotopic (exact) mass is 457 g/mol. The fraction of sp³-hybridized carbons (Fsp3) is 0.579. The number of hydrogen-bond acceptors (Lipinski definition) is 9. The summed E-state index contributed by atoms with van der Waals surface area (Å²) in [5.74, 6) is -0.875. The van der Waals surface area contributed by atoms with Crippen LogP contribution in [0.2, 0.25) is 0 Å². The standard InChI is InChI=1S/C19H27N3O8S/c1-19(2,3)30-18(24)20-13-6-8-21(9-7-13)16-14(22(25)26)10-12(17(23)29-4)11-15(16)31(5,27)28/h10-11,13H,6-9H2,1-5H3,(H,20,24). The summed E-state index contributed by atoms with van der Waals surface area (Å²) in [5, 5.41) is 14.5. The highest BCUT2D eigenvalue weighted by Crippen LogP contribution is 2.38. The smallest absolute Gasteiger partial charge is 0.407 e. The van der Waals surface area contributed by atoms with Crippen molar-refractivity contribution < 1.29 is 32.4 Å². The van der Waals surface area contributed by atoms with Gasteiger partial charge in [-0.05, 0) is 39.7 Å². The molecule has 1 saturated heterocycles. The highest BCUT2D eigenvalue weighted by molar-refractivity contribution is 7.90. The zero-order valence-electron chi connectivity index (χ0n) is 18.1. The second kappa shape index (κ2) is 9.08. The van der Waals surface area contributed by atoms with Crippen LogP contribution in [0.3, 0.4) is 0 Å². The fourth-order valence-electron chi connectivity index (χ4n) is 3.29. The molecular formula is C19H27N3O8S. The van der Waals surface area contributed by atoms with Crippen LogP contribution >= 0.6 is 0 Å². The van der Waals surface area contributed by atoms with Gasteiger partial charge in [-0.25, -0.2) is 18.0 Å². The van der Waals surface area contributed by atoms with Crippen molar-refractivity contribution in [3.63, 3.8) is 0 Å². The van der Waals surface area contributed by atoms with Crippen molar-refractivity contribution in [1.82, 2.24) is 5.32 Å². The molecule has 1 heterocycles. The summed E-state index contributed by atoms with van der Waals surface area (Å²) in [4.78, 5) is 36.1. The van der Waals surface area contributed by atoms with Crippen molar-refractivity contribution >= 4 is 33.3 Å². The van der Waals surface area contributed by atoms with E-state index in [2.05, 4.69) is 10.1 Å². The number of piperidine rings is 1. The van der Waals surface area contributed by atoms with Crippen molar-refractivity contribution in [2.45, 2.75) is 50.2 Å². The molecular weight excluding hydrogens is 430 g/mol. The molecule has 0 saturated carbocycles. The number of esters is 1. The number of methoxy groups -OCH3 is 1. The largest absolute Gasteiger partial charge is 0.465 e. The third-order valence-electron chi connectivity index (χ3n) is 4.60. The summed E-state index contributed by atoms with van der Waals surface area (Å²) >= 11 is 0. The van der Waals surface area contributed by atoms with Crippen molar-refractivity contribution in [2.75, 3.05) is 31.4 Å². The molecule has 0 aromatic heterocycles. The second-order valence-corrected chi connectivity index (χ2v) is 10.3. The average Bonchev–Trinajstić information content (AvgIpc) is 2.64. The maximum Gasteiger partial charge on any atom is 0.407 e. The molecule has 1 amide bonds. The summed E-state index contributed by atoms with van der Waals surface area (Å²) in [6.07, 6.45) is 1.22. The Kier molecular flexibility index (Phi) is 7.14. The Labute approximate surface area is 180 Å². The Bertz CT molecular complexity index is 977. The van der Waals surface area contributed by atoms with E-state index in [0.29, 0.717) is 12.8 Å². The lowest BCUT2D eigenvalue weighted by Gasteiger charge is -2.34. The van der Waals surface area contributed by atoms with Crippen molar-refractivity contribution in [2.24, 2.45) is 0 Å². The molecule has 2 rings (SSSR count). The van der Waals surface area contributed by atoms with Gasteiger partial charge in [-0.15, -0.1) is 0 Å². The average molecular weight is 458 g/mol. The van der Waals surface area contributed by atoms with Crippen LogP contribution in [0.4, 0.5) is 16.2 Å². The topological polar surface area (TPSA) is 145 Å². The van der Waals surface area contributed by atoms with E-state index in [1.807, 2.05) is 0 Å². The van der Waals surface area contributed by atoms with Crippen LogP contribution in [0.5, 0.6) is 0 Å². The number of alkyl carbamates (subject to hydrolysis) is 1. The molecule has 1 aromatic rings. The summed E-state index contributed by atoms with van der Waals surface area (Å²) in [6.45, 7) is 5.78. The summed E-state index contributed by atoms with van der Waals surface area (Å²) in [7, 11) is -2.80. The number of anilines is 1. The molecule has 1 aliphatic rings. The van der Waals surface area contributed by atoms with E-state index in [1.54, 1.807) is 25.7 Å². The number of carbonyl (C=O) groups excluding carboxylic acids is 2. The first kappa shape index (κ1) is 24.4. The molecule has 1 aromatic carbocycles. The molecule has 0 spiro atoms. The van der Waals surface area contributed by atoms with Gasteiger partial charge in [-0.2, -0.15) is 0 Å². The molecule has 0 bridgehead atoms. The number of hydrogen-bond donors (Lipinski definition) is 1. The van der Waals surface area contributed by atoms with Gasteiger partial charge in [-0.1, -0.05) is 0 Å². The first-order valence-electron chi connectivity index (χ1n) is 9.58. The number of nitro groups is 1. The van der Waals surface area contributed by atoms with Gasteiger partial charge in [0.05, 0.1) is 22.5 Å². The third kappa shape index (κ3) is 6.29. The first-order valence-corrected chi connectivity index (χ1v) is 11.5. The molecule has 172 valence electrons. The number of nitro benzene ring substituents is 1. The SMILES string of the molecule is COC(=O)c1cc([N+](=O)[O-])c(N2CCC(NC(=O)OC(C)(C)C)CC2)c(S(C)(=O)=O)c1. The van der Waals surface area contributed by atoms with Crippen molar-refractivity contribution in [3.05, 3.63) is 27.8 Å². The van der Waals surface area contributed by atoms with Crippen molar-refractivity contribution in [3.8, 4) is 0 Å². The van der Waals surface area contributed by atoms with Crippen molar-refractivity contribution in [1.29, 1.82) is 0 Å². The Hall–Kier alpha value is -2.89. The molecule has 0 atom stereocenters. The number of ether oxygens (including phenoxy) is 2. The predicted molar refractivity (Wildman–Crippen MR) is 112 cm³/mol. The summed E-state index contributed by atoms with van der Waals surface area (Å²) in [6, 6.07) is 1.89. The molecule has 31 heavy (non-hydrogen) atoms. The molecule has 1 fully saturated rings. The number of amides is 1. The fourth-order valence-corrected chi connectivity index (χ4v) is 4.22. The van der Waals surface area contributed by atoms with E-state index in [4.69, 9.17) is 4.74 Å². The molecule has 1 aliphatic heterocycles. The third-order valence-corrected chi connectivity index (χ3v) is 5.71. The van der Waals surface area contributed by atoms with Gasteiger partial charge >= 0.3 is 12.1 Å². The highest BCUT2D eigenvalue weighted by atomic mass is 32.2. The van der Waals surface area contributed by atoms with Crippen LogP contribution in [0.15, 0.2) is 17.0 Å². The Morgan fingerprint density at radius 3 is 2.26 bits per heavy atom. The molecule has 11 nitrogen and oxygen atoms in total. The van der Waals surface area contributed by atoms with Crippen LogP contribution < -0.4 is 10.2 Å². The first-order chi connectivity index (χ1) is 14.2. The van der Waals surface area contributed by atoms with E-state index >= 15 is 0 Å². The van der Waals surface area contributed by atoms with E-state index < -0.39 is 38.1 Å². The van der Waals surface area contributed by atoms with Crippen LogP contribution in [-0.2, 0) is 19.3 Å². The Morgan fingerprint density at radius 2 is 1.81 bits per heavy atom. The second-order valence-electron chi connectivity index (χ2n) is 8.27. The molecule has 12 heteroatoms. The number of nitrogens with one attached hydrogen (secondary N) is 1. The molecule has 0 aliphatic carbocycles. The van der Waals surface area contributed by atoms with E-state index in [0.717, 1.165) is 25.5 Å². The van der Waals surface area contributed by atoms with Gasteiger partial charge in [0, 0.05) is 31.5 Å². The zero-order valence-corrected chi connectivity index (χ0v) is 18.9. The maximum absolute atomic E-state index is 12.4. The van der Waals surface area contributed by atoms with Gasteiger partial charge in [-0.3, -0.25) is 10.1 Å². The van der Waals surface area contributed by atoms with Gasteiger partial charge < -0.3 is 19.7 Å². The van der Waals surface area contributed by atoms with E-state index in [1.165, 1.54) is 0 Å². The number of carbonyl (C=O) groups is 2.